The highest BCUT2D eigenvalue weighted by atomic mass is 16.6. The molecule has 0 aliphatic carbocycles. The summed E-state index contributed by atoms with van der Waals surface area (Å²) in [7, 11) is 1.06. The number of aliphatic hydroxyl groups is 9. The van der Waals surface area contributed by atoms with E-state index in [0.717, 1.165) is 7.11 Å². The first-order valence-electron chi connectivity index (χ1n) is 8.19. The molecule has 0 aromatic carbocycles. The van der Waals surface area contributed by atoms with E-state index in [1.807, 2.05) is 0 Å². The first-order chi connectivity index (χ1) is 12.0. The van der Waals surface area contributed by atoms with Gasteiger partial charge in [-0.25, -0.2) is 0 Å². The lowest BCUT2D eigenvalue weighted by molar-refractivity contribution is -0.276. The molecule has 11 heteroatoms. The van der Waals surface area contributed by atoms with Gasteiger partial charge in [-0.2, -0.15) is 0 Å². The van der Waals surface area contributed by atoms with Crippen LogP contribution in [0.1, 0.15) is 13.8 Å². The van der Waals surface area contributed by atoms with E-state index in [9.17, 15) is 35.7 Å². The Morgan fingerprint density at radius 1 is 0.615 bits per heavy atom. The number of ether oxygens (including phenoxy) is 2. The van der Waals surface area contributed by atoms with Crippen LogP contribution in [-0.2, 0) is 9.47 Å². The molecule has 0 spiro atoms. The minimum Gasteiger partial charge on any atom is -0.396 e. The van der Waals surface area contributed by atoms with Gasteiger partial charge in [-0.05, 0) is 0 Å². The minimum atomic E-state index is -2.19. The van der Waals surface area contributed by atoms with Crippen molar-refractivity contribution in [1.29, 1.82) is 0 Å². The van der Waals surface area contributed by atoms with Crippen LogP contribution < -0.4 is 0 Å². The molecular formula is C15H32O11. The second-order valence-electron chi connectivity index (χ2n) is 6.39. The molecule has 10 atom stereocenters. The number of aliphatic hydroxyl groups excluding tert-OH is 9. The summed E-state index contributed by atoms with van der Waals surface area (Å²) in [5.41, 5.74) is 0. The minimum absolute atomic E-state index is 0.490. The van der Waals surface area contributed by atoms with E-state index in [4.69, 9.17) is 14.9 Å². The quantitative estimate of drug-likeness (QED) is 0.138. The maximum absolute atomic E-state index is 10.1. The first kappa shape index (κ1) is 25.6. The molecule has 0 aliphatic rings. The van der Waals surface area contributed by atoms with Crippen LogP contribution in [0.25, 0.3) is 0 Å². The van der Waals surface area contributed by atoms with E-state index in [1.165, 1.54) is 13.8 Å². The lowest BCUT2D eigenvalue weighted by atomic mass is 9.95. The summed E-state index contributed by atoms with van der Waals surface area (Å²) in [4.78, 5) is 0. The van der Waals surface area contributed by atoms with Gasteiger partial charge in [-0.1, -0.05) is 13.8 Å². The van der Waals surface area contributed by atoms with Crippen molar-refractivity contribution in [3.05, 3.63) is 0 Å². The fourth-order valence-corrected chi connectivity index (χ4v) is 2.15. The van der Waals surface area contributed by atoms with Crippen LogP contribution in [0, 0.1) is 11.8 Å². The first-order valence-corrected chi connectivity index (χ1v) is 8.19. The predicted octanol–water partition coefficient (Wildman–Crippen LogP) is -4.28. The number of methoxy groups -OCH3 is 1. The van der Waals surface area contributed by atoms with Crippen LogP contribution in [0.2, 0.25) is 0 Å². The summed E-state index contributed by atoms with van der Waals surface area (Å²) >= 11 is 0. The average molecular weight is 388 g/mol. The molecule has 0 radical (unpaired) electrons. The third kappa shape index (κ3) is 6.94. The van der Waals surface area contributed by atoms with Crippen LogP contribution in [0.5, 0.6) is 0 Å². The second-order valence-corrected chi connectivity index (χ2v) is 6.39. The van der Waals surface area contributed by atoms with Crippen molar-refractivity contribution >= 4 is 0 Å². The Morgan fingerprint density at radius 3 is 1.50 bits per heavy atom. The van der Waals surface area contributed by atoms with Gasteiger partial charge in [0.1, 0.15) is 24.4 Å². The normalized spacial score (nSPS) is 24.0. The average Bonchev–Trinajstić information content (AvgIpc) is 2.66. The van der Waals surface area contributed by atoms with Crippen LogP contribution in [0.3, 0.4) is 0 Å². The SMILES string of the molecule is CO[C@@H](O)C(O)C(O[C@@H](O)C(O)C(O)[C@H](O)C(C)CO)[C@H](O)C(C)CO. The standard InChI is InChI=1S/C15H32O11/c1-6(4-16)8(18)10(20)11(21)15(24)26-13(9(19)7(2)5-17)12(22)14(23)25-3/h6-24H,4-5H2,1-3H3/t6?,7?,8-,9-,10?,11?,12?,13?,14-,15-/m1/s1. The number of hydrogen-bond acceptors (Lipinski definition) is 11. The van der Waals surface area contributed by atoms with Crippen molar-refractivity contribution in [3.63, 3.8) is 0 Å². The zero-order valence-electron chi connectivity index (χ0n) is 15.0. The number of hydrogen-bond donors (Lipinski definition) is 9. The molecule has 0 rings (SSSR count). The Morgan fingerprint density at radius 2 is 1.08 bits per heavy atom. The maximum Gasteiger partial charge on any atom is 0.184 e. The molecule has 0 aromatic heterocycles. The summed E-state index contributed by atoms with van der Waals surface area (Å²) in [5.74, 6) is -1.66. The zero-order valence-corrected chi connectivity index (χ0v) is 15.0. The van der Waals surface area contributed by atoms with E-state index in [2.05, 4.69) is 4.74 Å². The predicted molar refractivity (Wildman–Crippen MR) is 86.4 cm³/mol. The molecule has 0 heterocycles. The molecule has 0 saturated heterocycles. The highest BCUT2D eigenvalue weighted by molar-refractivity contribution is 4.85. The van der Waals surface area contributed by atoms with Crippen molar-refractivity contribution in [3.8, 4) is 0 Å². The van der Waals surface area contributed by atoms with Crippen molar-refractivity contribution in [2.45, 2.75) is 63.1 Å². The summed E-state index contributed by atoms with van der Waals surface area (Å²) < 4.78 is 9.51. The molecule has 9 N–H and O–H groups in total. The van der Waals surface area contributed by atoms with Crippen LogP contribution in [-0.4, -0.2) is 115 Å². The Balaban J connectivity index is 5.23. The maximum atomic E-state index is 10.1. The monoisotopic (exact) mass is 388 g/mol. The van der Waals surface area contributed by atoms with E-state index in [-0.39, 0.29) is 0 Å². The highest BCUT2D eigenvalue weighted by Gasteiger charge is 2.41. The van der Waals surface area contributed by atoms with Crippen molar-refractivity contribution in [2.24, 2.45) is 11.8 Å². The summed E-state index contributed by atoms with van der Waals surface area (Å²) in [5, 5.41) is 87.4. The van der Waals surface area contributed by atoms with Crippen LogP contribution in [0.4, 0.5) is 0 Å². The largest absolute Gasteiger partial charge is 0.396 e. The van der Waals surface area contributed by atoms with Gasteiger partial charge in [0.15, 0.2) is 12.6 Å². The lowest BCUT2D eigenvalue weighted by Crippen LogP contribution is -2.55. The number of rotatable bonds is 13. The molecular weight excluding hydrogens is 356 g/mol. The lowest BCUT2D eigenvalue weighted by Gasteiger charge is -2.36. The smallest absolute Gasteiger partial charge is 0.184 e. The Hall–Kier alpha value is -0.440. The fraction of sp³-hybridized carbons (Fsp3) is 1.00. The fourth-order valence-electron chi connectivity index (χ4n) is 2.15. The van der Waals surface area contributed by atoms with Crippen molar-refractivity contribution in [1.82, 2.24) is 0 Å². The molecule has 26 heavy (non-hydrogen) atoms. The van der Waals surface area contributed by atoms with Gasteiger partial charge in [0.05, 0.1) is 12.2 Å². The van der Waals surface area contributed by atoms with Gasteiger partial charge in [0, 0.05) is 32.2 Å². The molecule has 0 fully saturated rings. The molecule has 0 bridgehead atoms. The van der Waals surface area contributed by atoms with E-state index in [0.29, 0.717) is 0 Å². The highest BCUT2D eigenvalue weighted by Crippen LogP contribution is 2.20. The Bertz CT molecular complexity index is 356. The van der Waals surface area contributed by atoms with Crippen LogP contribution in [0.15, 0.2) is 0 Å². The molecule has 0 aliphatic heterocycles. The molecule has 11 nitrogen and oxygen atoms in total. The topological polar surface area (TPSA) is 201 Å². The van der Waals surface area contributed by atoms with Crippen molar-refractivity contribution < 1.29 is 55.4 Å². The van der Waals surface area contributed by atoms with Gasteiger partial charge in [-0.3, -0.25) is 0 Å². The van der Waals surface area contributed by atoms with Gasteiger partial charge < -0.3 is 55.4 Å². The van der Waals surface area contributed by atoms with Gasteiger partial charge in [0.25, 0.3) is 0 Å². The molecule has 0 amide bonds. The van der Waals surface area contributed by atoms with Gasteiger partial charge in [-0.15, -0.1) is 0 Å². The summed E-state index contributed by atoms with van der Waals surface area (Å²) in [6, 6.07) is 0. The second kappa shape index (κ2) is 12.1. The zero-order chi connectivity index (χ0) is 20.6. The van der Waals surface area contributed by atoms with Gasteiger partial charge >= 0.3 is 0 Å². The van der Waals surface area contributed by atoms with Gasteiger partial charge in [0.2, 0.25) is 0 Å². The summed E-state index contributed by atoms with van der Waals surface area (Å²) in [6.07, 6.45) is -14.7. The van der Waals surface area contributed by atoms with Crippen molar-refractivity contribution in [2.75, 3.05) is 20.3 Å². The van der Waals surface area contributed by atoms with E-state index < -0.39 is 74.3 Å². The molecule has 158 valence electrons. The Labute approximate surface area is 151 Å². The Kier molecular flexibility index (Phi) is 11.9. The molecule has 0 aromatic rings. The molecule has 6 unspecified atom stereocenters. The summed E-state index contributed by atoms with van der Waals surface area (Å²) in [6.45, 7) is 1.79. The van der Waals surface area contributed by atoms with E-state index in [1.54, 1.807) is 0 Å². The van der Waals surface area contributed by atoms with Crippen LogP contribution >= 0.6 is 0 Å². The van der Waals surface area contributed by atoms with E-state index >= 15 is 0 Å². The molecule has 0 saturated carbocycles. The third-order valence-electron chi connectivity index (χ3n) is 4.24. The third-order valence-corrected chi connectivity index (χ3v) is 4.24.